The van der Waals surface area contributed by atoms with Crippen LogP contribution in [0.15, 0.2) is 23.3 Å². The van der Waals surface area contributed by atoms with Crippen LogP contribution in [0.5, 0.6) is 0 Å². The number of hydrogen-bond donors (Lipinski definition) is 0. The van der Waals surface area contributed by atoms with Crippen LogP contribution in [0.3, 0.4) is 0 Å². The molecule has 2 unspecified atom stereocenters. The van der Waals surface area contributed by atoms with Crippen molar-refractivity contribution in [2.45, 2.75) is 71.5 Å². The number of ether oxygens (including phenoxy) is 1. The minimum absolute atomic E-state index is 0.159. The lowest BCUT2D eigenvalue weighted by atomic mass is 9.99. The molecule has 0 aliphatic carbocycles. The van der Waals surface area contributed by atoms with E-state index in [1.807, 2.05) is 6.92 Å². The highest BCUT2D eigenvalue weighted by Gasteiger charge is 2.49. The number of epoxide rings is 1. The van der Waals surface area contributed by atoms with Crippen LogP contribution in [-0.2, 0) is 4.74 Å². The molecule has 2 heteroatoms. The molecule has 0 aromatic carbocycles. The van der Waals surface area contributed by atoms with E-state index in [2.05, 4.69) is 32.9 Å². The second kappa shape index (κ2) is 6.75. The Morgan fingerprint density at radius 2 is 2.06 bits per heavy atom. The molecular weight excluding hydrogens is 222 g/mol. The Kier molecular flexibility index (Phi) is 5.62. The van der Waals surface area contributed by atoms with E-state index >= 15 is 0 Å². The van der Waals surface area contributed by atoms with Crippen molar-refractivity contribution in [1.82, 2.24) is 0 Å². The fourth-order valence-corrected chi connectivity index (χ4v) is 2.16. The quantitative estimate of drug-likeness (QED) is 0.376. The second-order valence-corrected chi connectivity index (χ2v) is 5.52. The lowest BCUT2D eigenvalue weighted by Crippen LogP contribution is -2.07. The van der Waals surface area contributed by atoms with Crippen molar-refractivity contribution in [3.8, 4) is 6.07 Å². The van der Waals surface area contributed by atoms with E-state index in [0.29, 0.717) is 6.10 Å². The minimum atomic E-state index is 0.159. The lowest BCUT2D eigenvalue weighted by Gasteiger charge is -2.02. The summed E-state index contributed by atoms with van der Waals surface area (Å²) in [6, 6.07) is 2.07. The van der Waals surface area contributed by atoms with Gasteiger partial charge in [0.2, 0.25) is 0 Å². The Morgan fingerprint density at radius 1 is 1.33 bits per heavy atom. The standard InChI is InChI=1S/C16H25NO/c1-5-16(4)15(18-16)10-9-13(2)7-6-8-14(3)11-12-17/h7,11,15H,5-6,8-10H2,1-4H3. The van der Waals surface area contributed by atoms with Gasteiger partial charge < -0.3 is 4.74 Å². The molecule has 18 heavy (non-hydrogen) atoms. The normalized spacial score (nSPS) is 28.1. The van der Waals surface area contributed by atoms with Crippen LogP contribution in [0, 0.1) is 11.3 Å². The summed E-state index contributed by atoms with van der Waals surface area (Å²) >= 11 is 0. The van der Waals surface area contributed by atoms with Gasteiger partial charge in [0.05, 0.1) is 17.8 Å². The molecule has 0 saturated carbocycles. The van der Waals surface area contributed by atoms with E-state index < -0.39 is 0 Å². The van der Waals surface area contributed by atoms with Gasteiger partial charge in [-0.3, -0.25) is 0 Å². The van der Waals surface area contributed by atoms with Gasteiger partial charge in [0.25, 0.3) is 0 Å². The highest BCUT2D eigenvalue weighted by Crippen LogP contribution is 2.42. The minimum Gasteiger partial charge on any atom is -0.366 e. The molecule has 2 nitrogen and oxygen atoms in total. The Hall–Kier alpha value is -1.07. The van der Waals surface area contributed by atoms with E-state index in [-0.39, 0.29) is 5.60 Å². The molecule has 0 aromatic rings. The maximum atomic E-state index is 8.51. The van der Waals surface area contributed by atoms with E-state index in [4.69, 9.17) is 10.00 Å². The smallest absolute Gasteiger partial charge is 0.0918 e. The Labute approximate surface area is 111 Å². The summed E-state index contributed by atoms with van der Waals surface area (Å²) in [4.78, 5) is 0. The highest BCUT2D eigenvalue weighted by atomic mass is 16.6. The average molecular weight is 247 g/mol. The summed E-state index contributed by atoms with van der Waals surface area (Å²) in [5.74, 6) is 0. The van der Waals surface area contributed by atoms with Crippen LogP contribution in [-0.4, -0.2) is 11.7 Å². The number of nitriles is 1. The molecule has 2 atom stereocenters. The first kappa shape index (κ1) is 15.0. The fourth-order valence-electron chi connectivity index (χ4n) is 2.16. The van der Waals surface area contributed by atoms with Crippen LogP contribution in [0.25, 0.3) is 0 Å². The summed E-state index contributed by atoms with van der Waals surface area (Å²) in [6.07, 6.45) is 9.78. The van der Waals surface area contributed by atoms with Crippen molar-refractivity contribution in [2.24, 2.45) is 0 Å². The maximum Gasteiger partial charge on any atom is 0.0918 e. The zero-order valence-corrected chi connectivity index (χ0v) is 12.1. The molecule has 0 N–H and O–H groups in total. The van der Waals surface area contributed by atoms with Crippen LogP contribution in [0.1, 0.15) is 59.8 Å². The van der Waals surface area contributed by atoms with Gasteiger partial charge in [0.15, 0.2) is 0 Å². The summed E-state index contributed by atoms with van der Waals surface area (Å²) in [6.45, 7) is 8.59. The topological polar surface area (TPSA) is 36.3 Å². The molecule has 0 radical (unpaired) electrons. The van der Waals surface area contributed by atoms with Gasteiger partial charge in [-0.05, 0) is 52.9 Å². The van der Waals surface area contributed by atoms with Crippen molar-refractivity contribution in [3.63, 3.8) is 0 Å². The van der Waals surface area contributed by atoms with Crippen LogP contribution in [0.2, 0.25) is 0 Å². The monoisotopic (exact) mass is 247 g/mol. The largest absolute Gasteiger partial charge is 0.366 e. The van der Waals surface area contributed by atoms with Gasteiger partial charge >= 0.3 is 0 Å². The van der Waals surface area contributed by atoms with Gasteiger partial charge in [-0.1, -0.05) is 24.1 Å². The molecule has 0 amide bonds. The Bertz CT molecular complexity index is 375. The third kappa shape index (κ3) is 4.66. The van der Waals surface area contributed by atoms with E-state index in [1.54, 1.807) is 6.08 Å². The van der Waals surface area contributed by atoms with Crippen molar-refractivity contribution in [2.75, 3.05) is 0 Å². The van der Waals surface area contributed by atoms with Crippen LogP contribution >= 0.6 is 0 Å². The number of nitrogens with zero attached hydrogens (tertiary/aromatic N) is 1. The first-order chi connectivity index (χ1) is 8.51. The zero-order valence-electron chi connectivity index (χ0n) is 12.1. The van der Waals surface area contributed by atoms with Crippen molar-refractivity contribution in [3.05, 3.63) is 23.3 Å². The second-order valence-electron chi connectivity index (χ2n) is 5.52. The first-order valence-corrected chi connectivity index (χ1v) is 6.90. The van der Waals surface area contributed by atoms with Gasteiger partial charge in [0.1, 0.15) is 0 Å². The third-order valence-electron chi connectivity index (χ3n) is 3.88. The van der Waals surface area contributed by atoms with Crippen molar-refractivity contribution in [1.29, 1.82) is 5.26 Å². The molecule has 1 aliphatic rings. The molecule has 1 aliphatic heterocycles. The number of hydrogen-bond acceptors (Lipinski definition) is 2. The summed E-state index contributed by atoms with van der Waals surface area (Å²) in [5.41, 5.74) is 2.76. The molecule has 0 spiro atoms. The van der Waals surface area contributed by atoms with Crippen LogP contribution < -0.4 is 0 Å². The van der Waals surface area contributed by atoms with E-state index in [1.165, 1.54) is 5.57 Å². The summed E-state index contributed by atoms with van der Waals surface area (Å²) < 4.78 is 5.71. The fraction of sp³-hybridized carbons (Fsp3) is 0.688. The predicted octanol–water partition coefficient (Wildman–Crippen LogP) is 4.53. The summed E-state index contributed by atoms with van der Waals surface area (Å²) in [5, 5.41) is 8.51. The molecule has 1 heterocycles. The average Bonchev–Trinajstić information content (AvgIpc) is 2.99. The molecule has 1 fully saturated rings. The van der Waals surface area contributed by atoms with Gasteiger partial charge in [-0.25, -0.2) is 0 Å². The molecule has 0 bridgehead atoms. The maximum absolute atomic E-state index is 8.51. The van der Waals surface area contributed by atoms with Crippen molar-refractivity contribution >= 4 is 0 Å². The highest BCUT2D eigenvalue weighted by molar-refractivity contribution is 5.12. The molecule has 100 valence electrons. The number of allylic oxidation sites excluding steroid dienone is 4. The lowest BCUT2D eigenvalue weighted by molar-refractivity contribution is 0.300. The first-order valence-electron chi connectivity index (χ1n) is 6.90. The predicted molar refractivity (Wildman–Crippen MR) is 75.2 cm³/mol. The Balaban J connectivity index is 2.20. The van der Waals surface area contributed by atoms with Gasteiger partial charge in [-0.2, -0.15) is 5.26 Å². The molecule has 0 aromatic heterocycles. The van der Waals surface area contributed by atoms with Gasteiger partial charge in [-0.15, -0.1) is 0 Å². The molecule has 1 saturated heterocycles. The van der Waals surface area contributed by atoms with E-state index in [0.717, 1.165) is 37.7 Å². The SMILES string of the molecule is CCC1(C)OC1CCC(C)=CCCC(C)=CC#N. The van der Waals surface area contributed by atoms with Crippen molar-refractivity contribution < 1.29 is 4.74 Å². The number of rotatable bonds is 7. The Morgan fingerprint density at radius 3 is 2.61 bits per heavy atom. The van der Waals surface area contributed by atoms with Gasteiger partial charge in [0, 0.05) is 6.08 Å². The molecule has 1 rings (SSSR count). The van der Waals surface area contributed by atoms with Crippen LogP contribution in [0.4, 0.5) is 0 Å². The summed E-state index contributed by atoms with van der Waals surface area (Å²) in [7, 11) is 0. The zero-order chi connectivity index (χ0) is 13.6. The molecular formula is C16H25NO. The third-order valence-corrected chi connectivity index (χ3v) is 3.88. The van der Waals surface area contributed by atoms with E-state index in [9.17, 15) is 0 Å².